The normalized spacial score (nSPS) is 16.4. The van der Waals surface area contributed by atoms with E-state index in [2.05, 4.69) is 10.1 Å². The predicted octanol–water partition coefficient (Wildman–Crippen LogP) is 2.02. The van der Waals surface area contributed by atoms with Crippen molar-refractivity contribution in [3.8, 4) is 11.4 Å². The Balaban J connectivity index is 1.60. The highest BCUT2D eigenvalue weighted by Gasteiger charge is 2.31. The van der Waals surface area contributed by atoms with Crippen molar-refractivity contribution in [1.29, 1.82) is 0 Å². The Kier molecular flexibility index (Phi) is 5.83. The molecule has 0 atom stereocenters. The summed E-state index contributed by atoms with van der Waals surface area (Å²) in [6.45, 7) is 0.906. The summed E-state index contributed by atoms with van der Waals surface area (Å²) in [6, 6.07) is 7.18. The Hall–Kier alpha value is -1.97. The number of hydrogen-bond acceptors (Lipinski definition) is 6. The van der Waals surface area contributed by atoms with E-state index < -0.39 is 10.0 Å². The first-order chi connectivity index (χ1) is 12.8. The molecule has 0 N–H and O–H groups in total. The van der Waals surface area contributed by atoms with Gasteiger partial charge >= 0.3 is 0 Å². The van der Waals surface area contributed by atoms with E-state index >= 15 is 0 Å². The van der Waals surface area contributed by atoms with Gasteiger partial charge in [-0.3, -0.25) is 4.79 Å². The van der Waals surface area contributed by atoms with Crippen molar-refractivity contribution in [2.75, 3.05) is 26.4 Å². The van der Waals surface area contributed by atoms with Crippen LogP contribution in [-0.4, -0.2) is 60.1 Å². The van der Waals surface area contributed by atoms with Crippen LogP contribution >= 0.6 is 11.6 Å². The molecule has 0 saturated carbocycles. The summed E-state index contributed by atoms with van der Waals surface area (Å²) in [5, 5.41) is 4.45. The summed E-state index contributed by atoms with van der Waals surface area (Å²) >= 11 is 6.14. The van der Waals surface area contributed by atoms with Crippen molar-refractivity contribution in [1.82, 2.24) is 19.3 Å². The van der Waals surface area contributed by atoms with Crippen LogP contribution < -0.4 is 0 Å². The molecule has 27 heavy (non-hydrogen) atoms. The minimum Gasteiger partial charge on any atom is -0.337 e. The van der Waals surface area contributed by atoms with Crippen molar-refractivity contribution < 1.29 is 17.7 Å². The molecular formula is C17H21ClN4O4S. The van der Waals surface area contributed by atoms with Gasteiger partial charge in [-0.1, -0.05) is 28.9 Å². The molecule has 0 radical (unpaired) electrons. The third-order valence-electron chi connectivity index (χ3n) is 4.60. The van der Waals surface area contributed by atoms with Gasteiger partial charge in [-0.2, -0.15) is 4.98 Å². The van der Waals surface area contributed by atoms with Gasteiger partial charge in [0, 0.05) is 31.6 Å². The molecule has 10 heteroatoms. The second-order valence-corrected chi connectivity index (χ2v) is 9.01. The molecule has 146 valence electrons. The molecule has 0 unspecified atom stereocenters. The zero-order chi connectivity index (χ0) is 19.6. The minimum atomic E-state index is -3.21. The summed E-state index contributed by atoms with van der Waals surface area (Å²) in [4.78, 5) is 18.5. The Morgan fingerprint density at radius 3 is 2.63 bits per heavy atom. The standard InChI is InChI=1S/C17H21ClN4O4S/c1-21(17(23)12-7-9-22(10-8-12)27(2,24)25)11-15-19-16(20-26-15)13-5-3-4-6-14(13)18/h3-6,12H,7-11H2,1-2H3. The SMILES string of the molecule is CN(Cc1nc(-c2ccccc2Cl)no1)C(=O)C1CCN(S(C)(=O)=O)CC1. The van der Waals surface area contributed by atoms with Gasteiger partial charge in [0.25, 0.3) is 0 Å². The molecule has 0 bridgehead atoms. The van der Waals surface area contributed by atoms with Crippen LogP contribution in [0.3, 0.4) is 0 Å². The fourth-order valence-electron chi connectivity index (χ4n) is 3.10. The number of halogens is 1. The number of benzene rings is 1. The first-order valence-electron chi connectivity index (χ1n) is 8.53. The lowest BCUT2D eigenvalue weighted by Gasteiger charge is -2.31. The number of rotatable bonds is 5. The third-order valence-corrected chi connectivity index (χ3v) is 6.24. The minimum absolute atomic E-state index is 0.0550. The average molecular weight is 413 g/mol. The Bertz CT molecular complexity index is 923. The van der Waals surface area contributed by atoms with E-state index in [4.69, 9.17) is 16.1 Å². The summed E-state index contributed by atoms with van der Waals surface area (Å²) in [7, 11) is -1.54. The molecule has 0 aliphatic carbocycles. The third kappa shape index (κ3) is 4.66. The second-order valence-electron chi connectivity index (χ2n) is 6.62. The largest absolute Gasteiger partial charge is 0.337 e. The van der Waals surface area contributed by atoms with Gasteiger partial charge < -0.3 is 9.42 Å². The average Bonchev–Trinajstić information content (AvgIpc) is 3.09. The molecule has 1 aromatic carbocycles. The quantitative estimate of drug-likeness (QED) is 0.745. The van der Waals surface area contributed by atoms with Crippen molar-refractivity contribution in [3.05, 3.63) is 35.2 Å². The highest BCUT2D eigenvalue weighted by atomic mass is 35.5. The Morgan fingerprint density at radius 1 is 1.33 bits per heavy atom. The van der Waals surface area contributed by atoms with Crippen LogP contribution in [0.5, 0.6) is 0 Å². The van der Waals surface area contributed by atoms with E-state index in [9.17, 15) is 13.2 Å². The van der Waals surface area contributed by atoms with Gasteiger partial charge in [-0.15, -0.1) is 0 Å². The highest BCUT2D eigenvalue weighted by Crippen LogP contribution is 2.25. The number of hydrogen-bond donors (Lipinski definition) is 0. The Labute approximate surface area is 163 Å². The molecule has 1 fully saturated rings. The Morgan fingerprint density at radius 2 is 2.00 bits per heavy atom. The van der Waals surface area contributed by atoms with E-state index in [1.165, 1.54) is 15.5 Å². The number of amides is 1. The van der Waals surface area contributed by atoms with Gasteiger partial charge in [0.2, 0.25) is 27.6 Å². The fraction of sp³-hybridized carbons (Fsp3) is 0.471. The first-order valence-corrected chi connectivity index (χ1v) is 10.8. The topological polar surface area (TPSA) is 96.6 Å². The lowest BCUT2D eigenvalue weighted by atomic mass is 9.97. The maximum Gasteiger partial charge on any atom is 0.246 e. The van der Waals surface area contributed by atoms with Crippen LogP contribution in [-0.2, 0) is 21.4 Å². The van der Waals surface area contributed by atoms with E-state index in [0.717, 1.165) is 0 Å². The second kappa shape index (κ2) is 7.95. The van der Waals surface area contributed by atoms with Gasteiger partial charge in [0.05, 0.1) is 17.8 Å². The molecule has 1 aliphatic rings. The number of carbonyl (C=O) groups is 1. The first kappa shape index (κ1) is 19.8. The summed E-state index contributed by atoms with van der Waals surface area (Å²) in [5.74, 6) is 0.423. The maximum absolute atomic E-state index is 12.6. The van der Waals surface area contributed by atoms with Crippen LogP contribution in [0, 0.1) is 5.92 Å². The maximum atomic E-state index is 12.6. The fourth-order valence-corrected chi connectivity index (χ4v) is 4.19. The summed E-state index contributed by atoms with van der Waals surface area (Å²) < 4.78 is 29.8. The summed E-state index contributed by atoms with van der Waals surface area (Å²) in [6.07, 6.45) is 2.20. The van der Waals surface area contributed by atoms with Gasteiger partial charge in [-0.25, -0.2) is 12.7 Å². The van der Waals surface area contributed by atoms with Crippen LogP contribution in [0.25, 0.3) is 11.4 Å². The van der Waals surface area contributed by atoms with E-state index in [-0.39, 0.29) is 18.4 Å². The van der Waals surface area contributed by atoms with Gasteiger partial charge in [0.1, 0.15) is 0 Å². The monoisotopic (exact) mass is 412 g/mol. The molecule has 3 rings (SSSR count). The summed E-state index contributed by atoms with van der Waals surface area (Å²) in [5.41, 5.74) is 0.663. The molecule has 8 nitrogen and oxygen atoms in total. The lowest BCUT2D eigenvalue weighted by molar-refractivity contribution is -0.136. The van der Waals surface area contributed by atoms with Gasteiger partial charge in [0.15, 0.2) is 0 Å². The number of piperidine rings is 1. The smallest absolute Gasteiger partial charge is 0.246 e. The van der Waals surface area contributed by atoms with Crippen molar-refractivity contribution in [2.24, 2.45) is 5.92 Å². The molecule has 2 heterocycles. The molecule has 1 aliphatic heterocycles. The number of sulfonamides is 1. The van der Waals surface area contributed by atoms with E-state index in [1.54, 1.807) is 19.2 Å². The van der Waals surface area contributed by atoms with Crippen LogP contribution in [0.1, 0.15) is 18.7 Å². The van der Waals surface area contributed by atoms with Crippen molar-refractivity contribution in [2.45, 2.75) is 19.4 Å². The van der Waals surface area contributed by atoms with E-state index in [0.29, 0.717) is 48.2 Å². The molecule has 1 saturated heterocycles. The van der Waals surface area contributed by atoms with Crippen molar-refractivity contribution in [3.63, 3.8) is 0 Å². The molecule has 2 aromatic rings. The van der Waals surface area contributed by atoms with Gasteiger partial charge in [-0.05, 0) is 25.0 Å². The predicted molar refractivity (Wildman–Crippen MR) is 100 cm³/mol. The number of nitrogens with zero attached hydrogens (tertiary/aromatic N) is 4. The molecule has 1 amide bonds. The molecular weight excluding hydrogens is 392 g/mol. The zero-order valence-electron chi connectivity index (χ0n) is 15.1. The van der Waals surface area contributed by atoms with E-state index in [1.807, 2.05) is 12.1 Å². The highest BCUT2D eigenvalue weighted by molar-refractivity contribution is 7.88. The number of aromatic nitrogens is 2. The molecule has 0 spiro atoms. The molecule has 1 aromatic heterocycles. The van der Waals surface area contributed by atoms with Crippen LogP contribution in [0.4, 0.5) is 0 Å². The van der Waals surface area contributed by atoms with Crippen LogP contribution in [0.15, 0.2) is 28.8 Å². The zero-order valence-corrected chi connectivity index (χ0v) is 16.7. The number of carbonyl (C=O) groups excluding carboxylic acids is 1. The van der Waals surface area contributed by atoms with Crippen LogP contribution in [0.2, 0.25) is 5.02 Å². The lowest BCUT2D eigenvalue weighted by Crippen LogP contribution is -2.42. The van der Waals surface area contributed by atoms with Crippen molar-refractivity contribution >= 4 is 27.5 Å².